The minimum Gasteiger partial charge on any atom is -0.330 e. The van der Waals surface area contributed by atoms with Crippen LogP contribution in [0, 0.1) is 23.2 Å². The molecule has 0 atom stereocenters. The van der Waals surface area contributed by atoms with E-state index in [0.29, 0.717) is 52.6 Å². The van der Waals surface area contributed by atoms with Gasteiger partial charge < -0.3 is 9.88 Å². The van der Waals surface area contributed by atoms with E-state index in [4.69, 9.17) is 11.6 Å². The average Bonchev–Trinajstić information content (AvgIpc) is 2.79. The maximum Gasteiger partial charge on any atom is 0.258 e. The number of para-hydroxylation sites is 1. The van der Waals surface area contributed by atoms with Crippen LogP contribution in [0.25, 0.3) is 10.9 Å². The monoisotopic (exact) mass is 461 g/mol. The first-order valence-electron chi connectivity index (χ1n) is 12.0. The Kier molecular flexibility index (Phi) is 5.06. The van der Waals surface area contributed by atoms with E-state index in [2.05, 4.69) is 9.97 Å². The first-order valence-corrected chi connectivity index (χ1v) is 12.4. The van der Waals surface area contributed by atoms with E-state index in [-0.39, 0.29) is 16.9 Å². The fraction of sp³-hybridized carbons (Fsp3) is 0.444. The van der Waals surface area contributed by atoms with Crippen molar-refractivity contribution in [2.45, 2.75) is 51.6 Å². The Morgan fingerprint density at radius 3 is 2.27 bits per heavy atom. The Hall–Kier alpha value is -2.66. The minimum atomic E-state index is -0.252. The number of amides is 1. The van der Waals surface area contributed by atoms with Crippen LogP contribution in [-0.2, 0) is 17.9 Å². The molecule has 0 saturated heterocycles. The number of aromatic amines is 1. The van der Waals surface area contributed by atoms with Gasteiger partial charge in [-0.15, -0.1) is 0 Å². The van der Waals surface area contributed by atoms with Crippen LogP contribution in [0.4, 0.5) is 0 Å². The van der Waals surface area contributed by atoms with Gasteiger partial charge in [0.1, 0.15) is 5.82 Å². The molecule has 4 bridgehead atoms. The van der Waals surface area contributed by atoms with Crippen LogP contribution >= 0.6 is 11.6 Å². The lowest BCUT2D eigenvalue weighted by molar-refractivity contribution is -0.159. The Balaban J connectivity index is 1.35. The summed E-state index contributed by atoms with van der Waals surface area (Å²) in [5.74, 6) is 2.83. The van der Waals surface area contributed by atoms with Crippen molar-refractivity contribution < 1.29 is 4.79 Å². The van der Waals surface area contributed by atoms with E-state index in [1.54, 1.807) is 6.07 Å². The molecule has 6 heteroatoms. The van der Waals surface area contributed by atoms with E-state index >= 15 is 0 Å². The van der Waals surface area contributed by atoms with Crippen molar-refractivity contribution in [3.63, 3.8) is 0 Å². The lowest BCUT2D eigenvalue weighted by atomic mass is 9.49. The third kappa shape index (κ3) is 3.86. The zero-order chi connectivity index (χ0) is 22.6. The molecule has 4 aliphatic rings. The van der Waals surface area contributed by atoms with Crippen LogP contribution in [0.2, 0.25) is 5.02 Å². The van der Waals surface area contributed by atoms with Crippen LogP contribution in [-0.4, -0.2) is 20.8 Å². The average molecular weight is 462 g/mol. The summed E-state index contributed by atoms with van der Waals surface area (Å²) in [5, 5.41) is 1.25. The molecule has 4 fully saturated rings. The van der Waals surface area contributed by atoms with E-state index < -0.39 is 0 Å². The van der Waals surface area contributed by atoms with Crippen molar-refractivity contribution in [1.82, 2.24) is 14.9 Å². The molecular weight excluding hydrogens is 434 g/mol. The number of carbonyl (C=O) groups excluding carboxylic acids is 1. The van der Waals surface area contributed by atoms with Gasteiger partial charge >= 0.3 is 0 Å². The summed E-state index contributed by atoms with van der Waals surface area (Å²) in [6.45, 7) is 0.775. The summed E-state index contributed by atoms with van der Waals surface area (Å²) >= 11 is 6.09. The second-order valence-electron chi connectivity index (χ2n) is 10.5. The van der Waals surface area contributed by atoms with Crippen LogP contribution in [0.15, 0.2) is 53.3 Å². The number of hydrogen-bond acceptors (Lipinski definition) is 3. The van der Waals surface area contributed by atoms with Gasteiger partial charge in [-0.2, -0.15) is 0 Å². The number of H-pyrrole nitrogens is 1. The molecule has 5 nitrogen and oxygen atoms in total. The first kappa shape index (κ1) is 20.9. The first-order chi connectivity index (χ1) is 16.0. The summed E-state index contributed by atoms with van der Waals surface area (Å²) in [4.78, 5) is 36.4. The molecule has 2 aromatic carbocycles. The Morgan fingerprint density at radius 2 is 1.61 bits per heavy atom. The summed E-state index contributed by atoms with van der Waals surface area (Å²) in [5.41, 5.74) is 1.27. The molecule has 1 amide bonds. The highest BCUT2D eigenvalue weighted by molar-refractivity contribution is 6.30. The van der Waals surface area contributed by atoms with Gasteiger partial charge in [-0.05, 0) is 86.1 Å². The number of halogens is 1. The highest BCUT2D eigenvalue weighted by Gasteiger charge is 2.55. The molecule has 170 valence electrons. The SMILES string of the molecule is O=C(N(Cc1ccc(Cl)cc1)Cc1nc2ccccc2c(=O)[nH]1)C12CC3CC(CC(C3)C1)C2. The molecule has 33 heavy (non-hydrogen) atoms. The zero-order valence-corrected chi connectivity index (χ0v) is 19.4. The predicted octanol–water partition coefficient (Wildman–Crippen LogP) is 5.32. The van der Waals surface area contributed by atoms with Crippen molar-refractivity contribution in [1.29, 1.82) is 0 Å². The molecule has 1 heterocycles. The molecule has 0 unspecified atom stereocenters. The summed E-state index contributed by atoms with van der Waals surface area (Å²) in [6.07, 6.45) is 6.92. The topological polar surface area (TPSA) is 66.1 Å². The maximum atomic E-state index is 14.2. The standard InChI is InChI=1S/C27H28ClN3O2/c28-21-7-5-17(6-8-21)15-31(16-24-29-23-4-2-1-3-22(23)25(32)30-24)26(33)27-12-18-9-19(13-27)11-20(10-18)14-27/h1-8,18-20H,9-16H2,(H,29,30,32). The number of nitrogens with one attached hydrogen (secondary N) is 1. The normalized spacial score (nSPS) is 27.7. The maximum absolute atomic E-state index is 14.2. The molecule has 1 aromatic heterocycles. The van der Waals surface area contributed by atoms with Gasteiger partial charge in [-0.3, -0.25) is 9.59 Å². The smallest absolute Gasteiger partial charge is 0.258 e. The largest absolute Gasteiger partial charge is 0.330 e. The fourth-order valence-electron chi connectivity index (χ4n) is 7.11. The lowest BCUT2D eigenvalue weighted by Gasteiger charge is -2.56. The number of rotatable bonds is 5. The second kappa shape index (κ2) is 7.98. The van der Waals surface area contributed by atoms with Crippen molar-refractivity contribution in [2.75, 3.05) is 0 Å². The Labute approximate surface area is 198 Å². The third-order valence-electron chi connectivity index (χ3n) is 8.07. The number of fused-ring (bicyclic) bond motifs is 1. The Bertz CT molecular complexity index is 1230. The second-order valence-corrected chi connectivity index (χ2v) is 11.0. The molecule has 3 aromatic rings. The van der Waals surface area contributed by atoms with Crippen LogP contribution in [0.3, 0.4) is 0 Å². The molecule has 0 radical (unpaired) electrons. The quantitative estimate of drug-likeness (QED) is 0.559. The molecule has 4 aliphatic carbocycles. The minimum absolute atomic E-state index is 0.163. The van der Waals surface area contributed by atoms with Crippen molar-refractivity contribution in [3.05, 3.63) is 75.3 Å². The molecule has 0 spiro atoms. The van der Waals surface area contributed by atoms with Gasteiger partial charge in [0.05, 0.1) is 22.9 Å². The number of hydrogen-bond donors (Lipinski definition) is 1. The highest BCUT2D eigenvalue weighted by Crippen LogP contribution is 2.60. The number of aromatic nitrogens is 2. The zero-order valence-electron chi connectivity index (χ0n) is 18.6. The van der Waals surface area contributed by atoms with Crippen molar-refractivity contribution >= 4 is 28.4 Å². The van der Waals surface area contributed by atoms with Crippen LogP contribution in [0.5, 0.6) is 0 Å². The number of carbonyl (C=O) groups is 1. The molecule has 7 rings (SSSR count). The molecule has 0 aliphatic heterocycles. The van der Waals surface area contributed by atoms with Crippen LogP contribution in [0.1, 0.15) is 49.9 Å². The van der Waals surface area contributed by atoms with Gasteiger partial charge in [-0.1, -0.05) is 35.9 Å². The van der Waals surface area contributed by atoms with Gasteiger partial charge in [0, 0.05) is 11.6 Å². The van der Waals surface area contributed by atoms with E-state index in [1.807, 2.05) is 47.4 Å². The molecule has 1 N–H and O–H groups in total. The molecule has 4 saturated carbocycles. The predicted molar refractivity (Wildman–Crippen MR) is 129 cm³/mol. The van der Waals surface area contributed by atoms with E-state index in [1.165, 1.54) is 19.3 Å². The van der Waals surface area contributed by atoms with Crippen molar-refractivity contribution in [3.8, 4) is 0 Å². The van der Waals surface area contributed by atoms with Gasteiger partial charge in [0.2, 0.25) is 5.91 Å². The Morgan fingerprint density at radius 1 is 0.970 bits per heavy atom. The summed E-state index contributed by atoms with van der Waals surface area (Å²) in [6, 6.07) is 15.0. The van der Waals surface area contributed by atoms with E-state index in [0.717, 1.165) is 24.8 Å². The summed E-state index contributed by atoms with van der Waals surface area (Å²) < 4.78 is 0. The van der Waals surface area contributed by atoms with Gasteiger partial charge in [0.25, 0.3) is 5.56 Å². The highest BCUT2D eigenvalue weighted by atomic mass is 35.5. The third-order valence-corrected chi connectivity index (χ3v) is 8.32. The number of nitrogens with zero attached hydrogens (tertiary/aromatic N) is 2. The summed E-state index contributed by atoms with van der Waals surface area (Å²) in [7, 11) is 0. The molecular formula is C27H28ClN3O2. The fourth-order valence-corrected chi connectivity index (χ4v) is 7.23. The van der Waals surface area contributed by atoms with Gasteiger partial charge in [0.15, 0.2) is 0 Å². The van der Waals surface area contributed by atoms with Crippen LogP contribution < -0.4 is 5.56 Å². The number of benzene rings is 2. The van der Waals surface area contributed by atoms with E-state index in [9.17, 15) is 9.59 Å². The van der Waals surface area contributed by atoms with Gasteiger partial charge in [-0.25, -0.2) is 4.98 Å². The lowest BCUT2D eigenvalue weighted by Crippen LogP contribution is -2.54. The van der Waals surface area contributed by atoms with Crippen molar-refractivity contribution in [2.24, 2.45) is 23.2 Å².